The zero-order valence-electron chi connectivity index (χ0n) is 17.0. The zero-order chi connectivity index (χ0) is 18.8. The third-order valence-corrected chi connectivity index (χ3v) is 5.99. The minimum atomic E-state index is 0.685. The lowest BCUT2D eigenvalue weighted by Crippen LogP contribution is -1.94. The number of allylic oxidation sites excluding steroid dienone is 5. The van der Waals surface area contributed by atoms with Gasteiger partial charge in [-0.2, -0.15) is 0 Å². The fraction of sp³-hybridized carbons (Fsp3) is 0.308. The second kappa shape index (κ2) is 7.50. The van der Waals surface area contributed by atoms with Crippen LogP contribution in [0.25, 0.3) is 5.57 Å². The van der Waals surface area contributed by atoms with Crippen LogP contribution in [0.3, 0.4) is 0 Å². The molecule has 1 unspecified atom stereocenters. The Kier molecular flexibility index (Phi) is 5.32. The van der Waals surface area contributed by atoms with Gasteiger partial charge in [-0.25, -0.2) is 0 Å². The molecule has 0 aliphatic heterocycles. The highest BCUT2D eigenvalue weighted by molar-refractivity contribution is 5.86. The molecule has 0 fully saturated rings. The zero-order valence-corrected chi connectivity index (χ0v) is 17.0. The molecule has 0 spiro atoms. The molecule has 2 aromatic carbocycles. The topological polar surface area (TPSA) is 0 Å². The van der Waals surface area contributed by atoms with Crippen LogP contribution in [0.5, 0.6) is 0 Å². The molecule has 0 radical (unpaired) electrons. The van der Waals surface area contributed by atoms with Gasteiger partial charge in [-0.1, -0.05) is 72.7 Å². The largest absolute Gasteiger partial charge is 0.0744 e. The van der Waals surface area contributed by atoms with Gasteiger partial charge in [-0.05, 0) is 85.9 Å². The highest BCUT2D eigenvalue weighted by atomic mass is 14.2. The third-order valence-electron chi connectivity index (χ3n) is 5.99. The molecular weight excluding hydrogens is 312 g/mol. The van der Waals surface area contributed by atoms with Crippen LogP contribution in [0.4, 0.5) is 0 Å². The molecule has 1 atom stereocenters. The number of fused-ring (bicyclic) bond motifs is 1. The maximum atomic E-state index is 2.36. The molecule has 0 nitrogen and oxygen atoms in total. The van der Waals surface area contributed by atoms with Gasteiger partial charge in [-0.3, -0.25) is 0 Å². The van der Waals surface area contributed by atoms with Crippen LogP contribution in [0.1, 0.15) is 55.5 Å². The Balaban J connectivity index is 0.000000185. The van der Waals surface area contributed by atoms with Crippen molar-refractivity contribution in [3.63, 3.8) is 0 Å². The van der Waals surface area contributed by atoms with Crippen LogP contribution in [0, 0.1) is 19.8 Å². The Morgan fingerprint density at radius 1 is 0.808 bits per heavy atom. The summed E-state index contributed by atoms with van der Waals surface area (Å²) < 4.78 is 0. The summed E-state index contributed by atoms with van der Waals surface area (Å²) >= 11 is 0. The Labute approximate surface area is 159 Å². The van der Waals surface area contributed by atoms with Crippen molar-refractivity contribution in [2.75, 3.05) is 0 Å². The lowest BCUT2D eigenvalue weighted by Gasteiger charge is -2.11. The monoisotopic (exact) mass is 342 g/mol. The molecule has 0 amide bonds. The standard InChI is InChI=1S/C17H16.C9H14/c1-12-8-9-13(2)17-15(12)10-11-16(17)14-6-4-3-5-7-14;1-6-5-7(2)9(4)8(6)3/h3-9,11H,10H2,1-2H3;5-6H,1-4H3. The summed E-state index contributed by atoms with van der Waals surface area (Å²) in [6, 6.07) is 15.2. The van der Waals surface area contributed by atoms with Gasteiger partial charge in [0.15, 0.2) is 0 Å². The van der Waals surface area contributed by atoms with Crippen molar-refractivity contribution in [1.29, 1.82) is 0 Å². The van der Waals surface area contributed by atoms with Gasteiger partial charge in [-0.15, -0.1) is 0 Å². The van der Waals surface area contributed by atoms with E-state index in [-0.39, 0.29) is 0 Å². The molecule has 0 heteroatoms. The predicted molar refractivity (Wildman–Crippen MR) is 114 cm³/mol. The van der Waals surface area contributed by atoms with E-state index in [1.165, 1.54) is 50.1 Å². The van der Waals surface area contributed by atoms with Gasteiger partial charge >= 0.3 is 0 Å². The van der Waals surface area contributed by atoms with Crippen molar-refractivity contribution in [2.45, 2.75) is 48.0 Å². The molecule has 0 heterocycles. The summed E-state index contributed by atoms with van der Waals surface area (Å²) in [5.41, 5.74) is 13.0. The molecule has 0 saturated carbocycles. The number of rotatable bonds is 1. The van der Waals surface area contributed by atoms with Crippen molar-refractivity contribution in [2.24, 2.45) is 5.92 Å². The van der Waals surface area contributed by atoms with Gasteiger partial charge in [0.25, 0.3) is 0 Å². The molecule has 4 rings (SSSR count). The van der Waals surface area contributed by atoms with E-state index in [1.807, 2.05) is 0 Å². The lowest BCUT2D eigenvalue weighted by molar-refractivity contribution is 0.875. The molecule has 2 aliphatic carbocycles. The molecule has 2 aliphatic rings. The van der Waals surface area contributed by atoms with Gasteiger partial charge < -0.3 is 0 Å². The van der Waals surface area contributed by atoms with Crippen molar-refractivity contribution < 1.29 is 0 Å². The summed E-state index contributed by atoms with van der Waals surface area (Å²) in [6.45, 7) is 13.3. The number of hydrogen-bond donors (Lipinski definition) is 0. The molecule has 0 bridgehead atoms. The van der Waals surface area contributed by atoms with Gasteiger partial charge in [0.1, 0.15) is 0 Å². The van der Waals surface area contributed by atoms with E-state index in [2.05, 4.69) is 96.2 Å². The maximum absolute atomic E-state index is 2.36. The summed E-state index contributed by atoms with van der Waals surface area (Å²) in [4.78, 5) is 0. The highest BCUT2D eigenvalue weighted by Gasteiger charge is 2.18. The van der Waals surface area contributed by atoms with Crippen LogP contribution >= 0.6 is 0 Å². The summed E-state index contributed by atoms with van der Waals surface area (Å²) in [5, 5.41) is 0. The van der Waals surface area contributed by atoms with E-state index in [0.29, 0.717) is 5.92 Å². The van der Waals surface area contributed by atoms with Crippen molar-refractivity contribution in [3.8, 4) is 0 Å². The Bertz CT molecular complexity index is 905. The minimum Gasteiger partial charge on any atom is -0.0744 e. The number of aryl methyl sites for hydroxylation is 2. The minimum absolute atomic E-state index is 0.685. The van der Waals surface area contributed by atoms with Crippen LogP contribution in [-0.2, 0) is 6.42 Å². The van der Waals surface area contributed by atoms with Crippen molar-refractivity contribution >= 4 is 5.57 Å². The molecule has 0 saturated heterocycles. The molecule has 26 heavy (non-hydrogen) atoms. The quantitative estimate of drug-likeness (QED) is 0.513. The van der Waals surface area contributed by atoms with Crippen LogP contribution < -0.4 is 0 Å². The first-order chi connectivity index (χ1) is 12.4. The van der Waals surface area contributed by atoms with E-state index in [0.717, 1.165) is 6.42 Å². The normalized spacial score (nSPS) is 18.2. The van der Waals surface area contributed by atoms with E-state index in [9.17, 15) is 0 Å². The molecule has 2 aromatic rings. The average molecular weight is 343 g/mol. The first-order valence-corrected chi connectivity index (χ1v) is 9.61. The van der Waals surface area contributed by atoms with E-state index < -0.39 is 0 Å². The summed E-state index contributed by atoms with van der Waals surface area (Å²) in [5.74, 6) is 0.685. The Morgan fingerprint density at radius 2 is 1.46 bits per heavy atom. The Morgan fingerprint density at radius 3 is 2.00 bits per heavy atom. The highest BCUT2D eigenvalue weighted by Crippen LogP contribution is 2.36. The molecule has 134 valence electrons. The lowest BCUT2D eigenvalue weighted by atomic mass is 9.93. The second-order valence-electron chi connectivity index (χ2n) is 7.69. The first kappa shape index (κ1) is 18.5. The fourth-order valence-electron chi connectivity index (χ4n) is 3.97. The van der Waals surface area contributed by atoms with E-state index in [1.54, 1.807) is 0 Å². The van der Waals surface area contributed by atoms with Crippen LogP contribution in [0.2, 0.25) is 0 Å². The van der Waals surface area contributed by atoms with E-state index in [4.69, 9.17) is 0 Å². The number of benzene rings is 2. The van der Waals surface area contributed by atoms with Crippen LogP contribution in [0.15, 0.2) is 71.3 Å². The van der Waals surface area contributed by atoms with Gasteiger partial charge in [0.05, 0.1) is 0 Å². The smallest absolute Gasteiger partial charge is 0.00428 e. The molecule has 0 N–H and O–H groups in total. The van der Waals surface area contributed by atoms with E-state index >= 15 is 0 Å². The fourth-order valence-corrected chi connectivity index (χ4v) is 3.97. The van der Waals surface area contributed by atoms with Gasteiger partial charge in [0.2, 0.25) is 0 Å². The van der Waals surface area contributed by atoms with Crippen molar-refractivity contribution in [1.82, 2.24) is 0 Å². The van der Waals surface area contributed by atoms with Gasteiger partial charge in [0, 0.05) is 0 Å². The second-order valence-corrected chi connectivity index (χ2v) is 7.69. The molecular formula is C26H30. The van der Waals surface area contributed by atoms with Crippen molar-refractivity contribution in [3.05, 3.63) is 99.2 Å². The summed E-state index contributed by atoms with van der Waals surface area (Å²) in [6.07, 6.45) is 5.76. The third kappa shape index (κ3) is 3.46. The Hall–Kier alpha value is -2.34. The molecule has 0 aromatic heterocycles. The summed E-state index contributed by atoms with van der Waals surface area (Å²) in [7, 11) is 0. The first-order valence-electron chi connectivity index (χ1n) is 9.61. The number of hydrogen-bond acceptors (Lipinski definition) is 0. The average Bonchev–Trinajstić information content (AvgIpc) is 3.19. The maximum Gasteiger partial charge on any atom is -0.00428 e. The predicted octanol–water partition coefficient (Wildman–Crippen LogP) is 7.21. The SMILES string of the molecule is CC1=CC(C)C(C)=C1C.Cc1ccc(C)c2c1CC=C2c1ccccc1. The van der Waals surface area contributed by atoms with Crippen LogP contribution in [-0.4, -0.2) is 0 Å².